The van der Waals surface area contributed by atoms with Crippen LogP contribution in [0.5, 0.6) is 17.4 Å². The quantitative estimate of drug-likeness (QED) is 0.303. The van der Waals surface area contributed by atoms with Crippen molar-refractivity contribution in [1.29, 1.82) is 0 Å². The number of amides is 2. The number of piperazine rings is 1. The zero-order valence-electron chi connectivity index (χ0n) is 24.6. The number of alkyl halides is 3. The van der Waals surface area contributed by atoms with Gasteiger partial charge in [-0.05, 0) is 12.1 Å². The molecule has 2 saturated heterocycles. The molecule has 2 amide bonds. The largest absolute Gasteiger partial charge is 0.507 e. The third kappa shape index (κ3) is 6.41. The van der Waals surface area contributed by atoms with Crippen LogP contribution >= 0.6 is 0 Å². The summed E-state index contributed by atoms with van der Waals surface area (Å²) in [6.07, 6.45) is 0.548. The first kappa shape index (κ1) is 31.1. The Morgan fingerprint density at radius 2 is 1.91 bits per heavy atom. The maximum atomic E-state index is 13.9. The number of fused-ring (bicyclic) bond motifs is 1. The maximum Gasteiger partial charge on any atom is 0.435 e. The molecule has 3 aromatic heterocycles. The lowest BCUT2D eigenvalue weighted by atomic mass is 10.1. The topological polar surface area (TPSA) is 146 Å². The van der Waals surface area contributed by atoms with E-state index in [1.807, 2.05) is 0 Å². The minimum absolute atomic E-state index is 0.0333. The number of ether oxygens (including phenoxy) is 4. The third-order valence-electron chi connectivity index (χ3n) is 7.62. The fourth-order valence-electron chi connectivity index (χ4n) is 5.24. The van der Waals surface area contributed by atoms with Crippen LogP contribution in [0, 0.1) is 0 Å². The Balaban J connectivity index is 1.15. The van der Waals surface area contributed by atoms with E-state index >= 15 is 0 Å². The van der Waals surface area contributed by atoms with Crippen molar-refractivity contribution in [2.45, 2.75) is 25.2 Å². The van der Waals surface area contributed by atoms with E-state index in [1.165, 1.54) is 64.3 Å². The molecule has 244 valence electrons. The number of benzene rings is 1. The van der Waals surface area contributed by atoms with Gasteiger partial charge in [-0.3, -0.25) is 13.9 Å². The van der Waals surface area contributed by atoms with Gasteiger partial charge in [-0.25, -0.2) is 14.8 Å². The molecule has 1 N–H and O–H groups in total. The number of hydrogen-bond donors (Lipinski definition) is 1. The van der Waals surface area contributed by atoms with E-state index in [0.717, 1.165) is 4.68 Å². The number of aromatic hydroxyl groups is 1. The maximum absolute atomic E-state index is 13.9. The number of nitrogens with zero attached hydrogens (tertiary/aromatic N) is 7. The number of phenolic OH excluding ortho intramolecular Hbond substituents is 1. The molecule has 2 aliphatic heterocycles. The van der Waals surface area contributed by atoms with Crippen molar-refractivity contribution in [3.63, 3.8) is 0 Å². The molecule has 1 aromatic carbocycles. The van der Waals surface area contributed by atoms with E-state index in [4.69, 9.17) is 18.9 Å². The lowest BCUT2D eigenvalue weighted by molar-refractivity contribution is -0.141. The summed E-state index contributed by atoms with van der Waals surface area (Å²) in [5, 5.41) is 14.4. The Hall–Kier alpha value is -4.90. The molecule has 17 heteroatoms. The van der Waals surface area contributed by atoms with Crippen molar-refractivity contribution in [1.82, 2.24) is 33.9 Å². The van der Waals surface area contributed by atoms with Crippen LogP contribution in [-0.4, -0.2) is 110 Å². The molecule has 0 radical (unpaired) electrons. The highest BCUT2D eigenvalue weighted by Gasteiger charge is 2.38. The molecule has 0 bridgehead atoms. The van der Waals surface area contributed by atoms with Gasteiger partial charge in [0.1, 0.15) is 17.6 Å². The molecule has 14 nitrogen and oxygen atoms in total. The number of aromatic nitrogens is 5. The molecular formula is C29H30F3N7O7. The standard InChI is InChI=1S/C29H30F3N7O7/c1-43-13-11-38-16-21(24(35-38)29(30,31)32)22-15-34-25-26(33-5-6-39(22)25)45-18-2-3-20(23(40)14-18)27(41)36-7-9-37(10-8-36)28(42)46-19-4-12-44-17-19/h2-3,5-6,14-16,19,40H,4,7-13,17H2,1H3. The fourth-order valence-corrected chi connectivity index (χ4v) is 5.24. The first-order valence-corrected chi connectivity index (χ1v) is 14.4. The minimum Gasteiger partial charge on any atom is -0.507 e. The molecule has 2 fully saturated rings. The highest BCUT2D eigenvalue weighted by Crippen LogP contribution is 2.37. The van der Waals surface area contributed by atoms with Crippen molar-refractivity contribution < 1.29 is 46.8 Å². The van der Waals surface area contributed by atoms with E-state index in [9.17, 15) is 27.9 Å². The minimum atomic E-state index is -4.72. The van der Waals surface area contributed by atoms with Crippen molar-refractivity contribution >= 4 is 17.6 Å². The highest BCUT2D eigenvalue weighted by molar-refractivity contribution is 5.97. The molecule has 4 aromatic rings. The third-order valence-corrected chi connectivity index (χ3v) is 7.62. The lowest BCUT2D eigenvalue weighted by Gasteiger charge is -2.34. The van der Waals surface area contributed by atoms with Gasteiger partial charge in [0.15, 0.2) is 5.69 Å². The number of methoxy groups -OCH3 is 1. The van der Waals surface area contributed by atoms with E-state index in [2.05, 4.69) is 15.1 Å². The first-order chi connectivity index (χ1) is 22.1. The zero-order chi connectivity index (χ0) is 32.4. The molecule has 5 heterocycles. The van der Waals surface area contributed by atoms with Crippen LogP contribution in [0.2, 0.25) is 0 Å². The number of halogens is 3. The van der Waals surface area contributed by atoms with Crippen molar-refractivity contribution in [3.05, 3.63) is 54.2 Å². The van der Waals surface area contributed by atoms with Crippen LogP contribution in [0.3, 0.4) is 0 Å². The Morgan fingerprint density at radius 3 is 2.61 bits per heavy atom. The van der Waals surface area contributed by atoms with Crippen molar-refractivity contribution in [2.24, 2.45) is 0 Å². The highest BCUT2D eigenvalue weighted by atomic mass is 19.4. The van der Waals surface area contributed by atoms with Gasteiger partial charge in [0.05, 0.1) is 49.4 Å². The first-order valence-electron chi connectivity index (χ1n) is 14.4. The zero-order valence-corrected chi connectivity index (χ0v) is 24.6. The molecular weight excluding hydrogens is 615 g/mol. The predicted octanol–water partition coefficient (Wildman–Crippen LogP) is 3.44. The Labute approximate surface area is 259 Å². The average Bonchev–Trinajstić information content (AvgIpc) is 3.80. The second-order valence-electron chi connectivity index (χ2n) is 10.6. The summed E-state index contributed by atoms with van der Waals surface area (Å²) >= 11 is 0. The van der Waals surface area contributed by atoms with E-state index < -0.39 is 23.9 Å². The molecule has 6 rings (SSSR count). The smallest absolute Gasteiger partial charge is 0.435 e. The molecule has 1 unspecified atom stereocenters. The van der Waals surface area contributed by atoms with E-state index in [0.29, 0.717) is 19.6 Å². The van der Waals surface area contributed by atoms with Gasteiger partial charge < -0.3 is 33.9 Å². The second-order valence-corrected chi connectivity index (χ2v) is 10.6. The van der Waals surface area contributed by atoms with Gasteiger partial charge >= 0.3 is 12.3 Å². The lowest BCUT2D eigenvalue weighted by Crippen LogP contribution is -2.51. The van der Waals surface area contributed by atoms with Crippen LogP contribution in [0.25, 0.3) is 16.9 Å². The van der Waals surface area contributed by atoms with Gasteiger partial charge in [0.2, 0.25) is 5.65 Å². The number of phenols is 1. The van der Waals surface area contributed by atoms with Crippen LogP contribution in [-0.2, 0) is 26.9 Å². The van der Waals surface area contributed by atoms with Gasteiger partial charge in [-0.15, -0.1) is 0 Å². The molecule has 1 atom stereocenters. The van der Waals surface area contributed by atoms with Gasteiger partial charge in [-0.2, -0.15) is 18.3 Å². The summed E-state index contributed by atoms with van der Waals surface area (Å²) in [4.78, 5) is 37.1. The summed E-state index contributed by atoms with van der Waals surface area (Å²) in [7, 11) is 1.44. The summed E-state index contributed by atoms with van der Waals surface area (Å²) in [6, 6.07) is 4.09. The number of hydrogen-bond acceptors (Lipinski definition) is 10. The number of carbonyl (C=O) groups excluding carboxylic acids is 2. The monoisotopic (exact) mass is 645 g/mol. The van der Waals surface area contributed by atoms with Crippen molar-refractivity contribution in [3.8, 4) is 28.6 Å². The average molecular weight is 646 g/mol. The van der Waals surface area contributed by atoms with E-state index in [1.54, 1.807) is 0 Å². The fraction of sp³-hybridized carbons (Fsp3) is 0.414. The normalized spacial score (nSPS) is 17.1. The molecule has 0 aliphatic carbocycles. The number of carbonyl (C=O) groups is 2. The van der Waals surface area contributed by atoms with Crippen LogP contribution < -0.4 is 4.74 Å². The molecule has 0 saturated carbocycles. The molecule has 2 aliphatic rings. The molecule has 46 heavy (non-hydrogen) atoms. The SMILES string of the molecule is COCCn1cc(-c2cnc3c(Oc4ccc(C(=O)N5CCN(C(=O)OC6CCOC6)CC5)c(O)c4)nccn23)c(C(F)(F)F)n1. The van der Waals surface area contributed by atoms with Crippen molar-refractivity contribution in [2.75, 3.05) is 53.1 Å². The van der Waals surface area contributed by atoms with Crippen LogP contribution in [0.15, 0.2) is 43.0 Å². The second kappa shape index (κ2) is 12.8. The number of rotatable bonds is 8. The Bertz CT molecular complexity index is 1730. The van der Waals surface area contributed by atoms with Gasteiger partial charge in [0, 0.05) is 64.4 Å². The van der Waals surface area contributed by atoms with Gasteiger partial charge in [0.25, 0.3) is 11.8 Å². The Kier molecular flexibility index (Phi) is 8.68. The molecule has 0 spiro atoms. The van der Waals surface area contributed by atoms with Crippen LogP contribution in [0.4, 0.5) is 18.0 Å². The number of imidazole rings is 1. The Morgan fingerprint density at radius 1 is 1.13 bits per heavy atom. The summed E-state index contributed by atoms with van der Waals surface area (Å²) in [5.74, 6) is -0.698. The van der Waals surface area contributed by atoms with Gasteiger partial charge in [-0.1, -0.05) is 0 Å². The summed E-state index contributed by atoms with van der Waals surface area (Å²) < 4.78 is 65.6. The predicted molar refractivity (Wildman–Crippen MR) is 152 cm³/mol. The summed E-state index contributed by atoms with van der Waals surface area (Å²) in [6.45, 7) is 2.29. The van der Waals surface area contributed by atoms with Crippen LogP contribution in [0.1, 0.15) is 22.5 Å². The van der Waals surface area contributed by atoms with E-state index in [-0.39, 0.29) is 85.3 Å². The summed E-state index contributed by atoms with van der Waals surface area (Å²) in [5.41, 5.74) is -0.995.